The fourth-order valence-corrected chi connectivity index (χ4v) is 3.37. The van der Waals surface area contributed by atoms with Crippen molar-refractivity contribution in [3.8, 4) is 0 Å². The summed E-state index contributed by atoms with van der Waals surface area (Å²) in [5.74, 6) is 0. The molecule has 1 heterocycles. The summed E-state index contributed by atoms with van der Waals surface area (Å²) in [6.45, 7) is 2.85. The highest BCUT2D eigenvalue weighted by atomic mass is 16.2. The molecule has 3 aromatic rings. The molecule has 1 aliphatic heterocycles. The highest BCUT2D eigenvalue weighted by Gasteiger charge is 2.12. The molecule has 25 heavy (non-hydrogen) atoms. The quantitative estimate of drug-likeness (QED) is 0.686. The van der Waals surface area contributed by atoms with Gasteiger partial charge in [0.05, 0.1) is 11.9 Å². The second kappa shape index (κ2) is 6.36. The summed E-state index contributed by atoms with van der Waals surface area (Å²) >= 11 is 0. The zero-order valence-corrected chi connectivity index (χ0v) is 14.0. The molecule has 0 bridgehead atoms. The Bertz CT molecular complexity index is 1110. The van der Waals surface area contributed by atoms with Crippen LogP contribution >= 0.6 is 0 Å². The van der Waals surface area contributed by atoms with Crippen LogP contribution in [0.5, 0.6) is 0 Å². The molecule has 3 nitrogen and oxygen atoms in total. The van der Waals surface area contributed by atoms with Gasteiger partial charge >= 0.3 is 0 Å². The number of rotatable bonds is 3. The van der Waals surface area contributed by atoms with E-state index >= 15 is 0 Å². The van der Waals surface area contributed by atoms with Crippen LogP contribution in [0.4, 0.5) is 0 Å². The third-order valence-corrected chi connectivity index (χ3v) is 4.76. The summed E-state index contributed by atoms with van der Waals surface area (Å²) in [4.78, 5) is 12.9. The van der Waals surface area contributed by atoms with E-state index < -0.39 is 0 Å². The predicted octanol–water partition coefficient (Wildman–Crippen LogP) is 3.79. The Morgan fingerprint density at radius 1 is 0.960 bits per heavy atom. The summed E-state index contributed by atoms with van der Waals surface area (Å²) in [6.07, 6.45) is 5.47. The van der Waals surface area contributed by atoms with Crippen LogP contribution in [0.3, 0.4) is 0 Å². The van der Waals surface area contributed by atoms with E-state index in [2.05, 4.69) is 65.7 Å². The van der Waals surface area contributed by atoms with Gasteiger partial charge in [-0.15, -0.1) is 4.91 Å². The number of allylic oxidation sites excluding steroid dienone is 1. The van der Waals surface area contributed by atoms with E-state index in [1.807, 2.05) is 24.3 Å². The molecule has 0 saturated carbocycles. The first-order valence-electron chi connectivity index (χ1n) is 8.31. The van der Waals surface area contributed by atoms with Gasteiger partial charge in [0.15, 0.2) is 0 Å². The Morgan fingerprint density at radius 3 is 2.56 bits per heavy atom. The van der Waals surface area contributed by atoms with Gasteiger partial charge in [-0.25, -0.2) is 0 Å². The molecule has 0 atom stereocenters. The Morgan fingerprint density at radius 2 is 1.72 bits per heavy atom. The number of fused-ring (bicyclic) bond motifs is 2. The van der Waals surface area contributed by atoms with Crippen molar-refractivity contribution in [2.45, 2.75) is 13.5 Å². The van der Waals surface area contributed by atoms with Gasteiger partial charge in [-0.05, 0) is 50.5 Å². The topological polar surface area (TPSA) is 32.7 Å². The van der Waals surface area contributed by atoms with Crippen LogP contribution in [0.2, 0.25) is 0 Å². The minimum atomic E-state index is 0.697. The largest absolute Gasteiger partial charge is 0.342 e. The van der Waals surface area contributed by atoms with Crippen molar-refractivity contribution in [3.05, 3.63) is 99.0 Å². The van der Waals surface area contributed by atoms with Crippen LogP contribution < -0.4 is 10.4 Å². The maximum absolute atomic E-state index is 10.8. The molecule has 0 fully saturated rings. The highest BCUT2D eigenvalue weighted by Crippen LogP contribution is 2.24. The molecule has 0 saturated heterocycles. The SMILES string of the molecule is Cc1c(CN2C=c3ccccc3=CC2=CN=O)ccc2ccccc12. The van der Waals surface area contributed by atoms with Crippen LogP contribution in [0.15, 0.2) is 77.7 Å². The van der Waals surface area contributed by atoms with Gasteiger partial charge in [-0.1, -0.05) is 60.7 Å². The van der Waals surface area contributed by atoms with Crippen LogP contribution in [-0.4, -0.2) is 4.90 Å². The highest BCUT2D eigenvalue weighted by molar-refractivity contribution is 5.86. The summed E-state index contributed by atoms with van der Waals surface area (Å²) < 4.78 is 0. The first-order chi connectivity index (χ1) is 12.3. The molecule has 0 unspecified atom stereocenters. The molecular formula is C22H18N2O. The van der Waals surface area contributed by atoms with E-state index in [0.717, 1.165) is 16.1 Å². The minimum Gasteiger partial charge on any atom is -0.342 e. The molecule has 0 radical (unpaired) electrons. The monoisotopic (exact) mass is 326 g/mol. The van der Waals surface area contributed by atoms with Crippen molar-refractivity contribution in [2.75, 3.05) is 0 Å². The van der Waals surface area contributed by atoms with Crippen LogP contribution in [0.1, 0.15) is 11.1 Å². The molecule has 0 aromatic heterocycles. The Labute approximate surface area is 146 Å². The van der Waals surface area contributed by atoms with Gasteiger partial charge in [0.25, 0.3) is 0 Å². The predicted molar refractivity (Wildman–Crippen MR) is 103 cm³/mol. The van der Waals surface area contributed by atoms with Crippen molar-refractivity contribution >= 4 is 23.0 Å². The maximum Gasteiger partial charge on any atom is 0.0951 e. The lowest BCUT2D eigenvalue weighted by Crippen LogP contribution is -2.33. The average molecular weight is 326 g/mol. The number of aryl methyl sites for hydroxylation is 1. The average Bonchev–Trinajstić information content (AvgIpc) is 2.65. The van der Waals surface area contributed by atoms with Crippen molar-refractivity contribution in [1.82, 2.24) is 4.90 Å². The Kier molecular flexibility index (Phi) is 3.90. The standard InChI is InChI=1S/C22H18N2O/c1-16-19(11-10-17-6-4-5-9-22(16)17)14-24-15-20-8-3-2-7-18(20)12-21(24)13-23-25/h2-13,15H,14H2,1H3. The number of hydrogen-bond donors (Lipinski definition) is 0. The Balaban J connectivity index is 1.79. The normalized spacial score (nSPS) is 14.8. The van der Waals surface area contributed by atoms with E-state index in [-0.39, 0.29) is 0 Å². The second-order valence-electron chi connectivity index (χ2n) is 6.26. The van der Waals surface area contributed by atoms with Gasteiger partial charge < -0.3 is 4.90 Å². The first-order valence-corrected chi connectivity index (χ1v) is 8.31. The minimum absolute atomic E-state index is 0.697. The third kappa shape index (κ3) is 2.85. The van der Waals surface area contributed by atoms with Gasteiger partial charge in [0.2, 0.25) is 0 Å². The summed E-state index contributed by atoms with van der Waals surface area (Å²) in [5, 5.41) is 7.74. The van der Waals surface area contributed by atoms with Gasteiger partial charge in [0.1, 0.15) is 0 Å². The first kappa shape index (κ1) is 15.3. The Hall–Kier alpha value is -3.20. The van der Waals surface area contributed by atoms with Crippen LogP contribution in [-0.2, 0) is 6.54 Å². The molecule has 0 amide bonds. The zero-order chi connectivity index (χ0) is 17.2. The van der Waals surface area contributed by atoms with Crippen LogP contribution in [0, 0.1) is 11.8 Å². The van der Waals surface area contributed by atoms with Crippen molar-refractivity contribution < 1.29 is 0 Å². The van der Waals surface area contributed by atoms with Gasteiger partial charge in [0, 0.05) is 12.7 Å². The molecule has 0 aliphatic carbocycles. The van der Waals surface area contributed by atoms with Crippen LogP contribution in [0.25, 0.3) is 23.0 Å². The third-order valence-electron chi connectivity index (χ3n) is 4.76. The molecule has 4 rings (SSSR count). The van der Waals surface area contributed by atoms with E-state index in [1.165, 1.54) is 28.1 Å². The molecule has 0 N–H and O–H groups in total. The van der Waals surface area contributed by atoms with Gasteiger partial charge in [-0.3, -0.25) is 0 Å². The molecule has 3 heteroatoms. The maximum atomic E-state index is 10.8. The van der Waals surface area contributed by atoms with Crippen molar-refractivity contribution in [3.63, 3.8) is 0 Å². The fourth-order valence-electron chi connectivity index (χ4n) is 3.37. The zero-order valence-electron chi connectivity index (χ0n) is 14.0. The number of nitrogens with zero attached hydrogens (tertiary/aromatic N) is 2. The van der Waals surface area contributed by atoms with E-state index in [4.69, 9.17) is 0 Å². The molecule has 3 aromatic carbocycles. The lowest BCUT2D eigenvalue weighted by atomic mass is 9.99. The molecular weight excluding hydrogens is 308 g/mol. The molecule has 0 spiro atoms. The van der Waals surface area contributed by atoms with Crippen molar-refractivity contribution in [1.29, 1.82) is 0 Å². The van der Waals surface area contributed by atoms with E-state index in [9.17, 15) is 4.91 Å². The lowest BCUT2D eigenvalue weighted by molar-refractivity contribution is 0.515. The number of nitroso groups, excluding NO2 is 1. The second-order valence-corrected chi connectivity index (χ2v) is 6.26. The van der Waals surface area contributed by atoms with Gasteiger partial charge in [-0.2, -0.15) is 0 Å². The number of hydrogen-bond acceptors (Lipinski definition) is 3. The molecule has 1 aliphatic rings. The smallest absolute Gasteiger partial charge is 0.0951 e. The molecule has 122 valence electrons. The summed E-state index contributed by atoms with van der Waals surface area (Å²) in [7, 11) is 0. The number of benzene rings is 3. The van der Waals surface area contributed by atoms with E-state index in [1.54, 1.807) is 0 Å². The lowest BCUT2D eigenvalue weighted by Gasteiger charge is -2.25. The van der Waals surface area contributed by atoms with Crippen molar-refractivity contribution in [2.24, 2.45) is 5.18 Å². The summed E-state index contributed by atoms with van der Waals surface area (Å²) in [6, 6.07) is 20.9. The fraction of sp³-hybridized carbons (Fsp3) is 0.0909. The van der Waals surface area contributed by atoms with E-state index in [0.29, 0.717) is 6.54 Å². The summed E-state index contributed by atoms with van der Waals surface area (Å²) in [5.41, 5.74) is 3.31.